The average Bonchev–Trinajstić information content (AvgIpc) is 3.59. The molecular formula is C31H18N4. The zero-order valence-corrected chi connectivity index (χ0v) is 18.8. The Balaban J connectivity index is 1.39. The molecule has 0 bridgehead atoms. The molecule has 7 aromatic rings. The third-order valence-electron chi connectivity index (χ3n) is 8.02. The first-order valence-corrected chi connectivity index (χ1v) is 12.0. The highest BCUT2D eigenvalue weighted by atomic mass is 15.0. The van der Waals surface area contributed by atoms with Crippen molar-refractivity contribution in [1.82, 2.24) is 19.4 Å². The Morgan fingerprint density at radius 2 is 1.49 bits per heavy atom. The third kappa shape index (κ3) is 2.11. The molecule has 2 aliphatic rings. The number of hydrogen-bond acceptors (Lipinski definition) is 3. The van der Waals surface area contributed by atoms with Crippen LogP contribution in [-0.2, 0) is 12.8 Å². The molecule has 4 aromatic heterocycles. The van der Waals surface area contributed by atoms with Gasteiger partial charge >= 0.3 is 0 Å². The van der Waals surface area contributed by atoms with Crippen LogP contribution in [0.1, 0.15) is 22.3 Å². The Morgan fingerprint density at radius 1 is 0.657 bits per heavy atom. The van der Waals surface area contributed by atoms with Crippen LogP contribution in [0.3, 0.4) is 0 Å². The van der Waals surface area contributed by atoms with Gasteiger partial charge in [0.25, 0.3) is 0 Å². The van der Waals surface area contributed by atoms with Crippen LogP contribution in [0, 0.1) is 0 Å². The molecule has 0 unspecified atom stereocenters. The molecule has 0 amide bonds. The summed E-state index contributed by atoms with van der Waals surface area (Å²) in [5.41, 5.74) is 16.5. The van der Waals surface area contributed by atoms with Crippen molar-refractivity contribution in [3.8, 4) is 22.3 Å². The minimum absolute atomic E-state index is 0.934. The zero-order chi connectivity index (χ0) is 22.7. The van der Waals surface area contributed by atoms with Gasteiger partial charge in [-0.25, -0.2) is 4.98 Å². The number of rotatable bonds is 0. The molecule has 0 radical (unpaired) electrons. The summed E-state index contributed by atoms with van der Waals surface area (Å²) in [6.45, 7) is 0. The van der Waals surface area contributed by atoms with E-state index in [0.717, 1.165) is 45.8 Å². The minimum atomic E-state index is 0.934. The lowest BCUT2D eigenvalue weighted by Gasteiger charge is -2.09. The third-order valence-corrected chi connectivity index (χ3v) is 8.02. The van der Waals surface area contributed by atoms with Crippen molar-refractivity contribution in [3.05, 3.63) is 108 Å². The summed E-state index contributed by atoms with van der Waals surface area (Å²) in [5, 5.41) is 2.13. The van der Waals surface area contributed by atoms with Crippen LogP contribution in [0.15, 0.2) is 85.3 Å². The normalized spacial score (nSPS) is 13.5. The van der Waals surface area contributed by atoms with Crippen molar-refractivity contribution < 1.29 is 0 Å². The van der Waals surface area contributed by atoms with Gasteiger partial charge in [0.05, 0.1) is 22.1 Å². The van der Waals surface area contributed by atoms with E-state index in [1.807, 2.05) is 24.7 Å². The van der Waals surface area contributed by atoms with E-state index in [4.69, 9.17) is 9.97 Å². The lowest BCUT2D eigenvalue weighted by Crippen LogP contribution is -1.96. The van der Waals surface area contributed by atoms with Gasteiger partial charge in [-0.3, -0.25) is 14.4 Å². The summed E-state index contributed by atoms with van der Waals surface area (Å²) in [6.07, 6.45) is 7.57. The number of benzene rings is 3. The number of imidazole rings is 1. The van der Waals surface area contributed by atoms with Gasteiger partial charge in [-0.1, -0.05) is 42.5 Å². The first kappa shape index (κ1) is 17.8. The SMILES string of the molecule is c1ccc2c(c1)Cc1c-2ccc2c1Cc1c-2ccc2nc3c4ccncc4c4ncccc4n3c12. The van der Waals surface area contributed by atoms with Crippen LogP contribution < -0.4 is 0 Å². The highest BCUT2D eigenvalue weighted by Gasteiger charge is 2.30. The summed E-state index contributed by atoms with van der Waals surface area (Å²) in [5.74, 6) is 0. The van der Waals surface area contributed by atoms with Gasteiger partial charge in [0.15, 0.2) is 0 Å². The van der Waals surface area contributed by atoms with Gasteiger partial charge in [0.1, 0.15) is 5.65 Å². The summed E-state index contributed by atoms with van der Waals surface area (Å²) in [6, 6.07) is 24.2. The van der Waals surface area contributed by atoms with Crippen molar-refractivity contribution in [2.24, 2.45) is 0 Å². The quantitative estimate of drug-likeness (QED) is 0.243. The van der Waals surface area contributed by atoms with Gasteiger partial charge in [0, 0.05) is 35.8 Å². The Morgan fingerprint density at radius 3 is 2.46 bits per heavy atom. The Bertz CT molecular complexity index is 2070. The number of pyridine rings is 3. The van der Waals surface area contributed by atoms with Crippen molar-refractivity contribution in [2.75, 3.05) is 0 Å². The van der Waals surface area contributed by atoms with E-state index in [-0.39, 0.29) is 0 Å². The topological polar surface area (TPSA) is 43.1 Å². The maximum absolute atomic E-state index is 5.15. The fourth-order valence-corrected chi connectivity index (χ4v) is 6.55. The molecular weight excluding hydrogens is 428 g/mol. The van der Waals surface area contributed by atoms with Crippen molar-refractivity contribution in [3.63, 3.8) is 0 Å². The molecule has 4 heterocycles. The van der Waals surface area contributed by atoms with E-state index in [1.54, 1.807) is 0 Å². The standard InChI is InChI=1S/C31H18N4/c1-2-5-18-17(4-1)14-23-19(18)7-8-20-21-9-10-27-30(25(21)15-24(20)23)35-28-6-3-12-33-29(28)26-16-32-13-11-22(26)31(35)34-27/h1-13,16H,14-15H2. The van der Waals surface area contributed by atoms with Crippen LogP contribution >= 0.6 is 0 Å². The molecule has 3 aromatic carbocycles. The molecule has 0 aliphatic heterocycles. The molecule has 0 N–H and O–H groups in total. The second-order valence-corrected chi connectivity index (χ2v) is 9.65. The van der Waals surface area contributed by atoms with Crippen LogP contribution in [-0.4, -0.2) is 19.4 Å². The molecule has 9 rings (SSSR count). The average molecular weight is 447 g/mol. The zero-order valence-electron chi connectivity index (χ0n) is 18.8. The van der Waals surface area contributed by atoms with Gasteiger partial charge < -0.3 is 0 Å². The first-order chi connectivity index (χ1) is 17.4. The summed E-state index contributed by atoms with van der Waals surface area (Å²) < 4.78 is 2.33. The largest absolute Gasteiger partial charge is 0.290 e. The lowest BCUT2D eigenvalue weighted by atomic mass is 9.96. The highest BCUT2D eigenvalue weighted by Crippen LogP contribution is 2.48. The predicted octanol–water partition coefficient (Wildman–Crippen LogP) is 6.73. The van der Waals surface area contributed by atoms with Crippen molar-refractivity contribution in [2.45, 2.75) is 12.8 Å². The molecule has 4 heteroatoms. The molecule has 162 valence electrons. The van der Waals surface area contributed by atoms with Gasteiger partial charge in [-0.2, -0.15) is 0 Å². The van der Waals surface area contributed by atoms with Crippen LogP contribution in [0.25, 0.3) is 60.7 Å². The maximum atomic E-state index is 5.15. The van der Waals surface area contributed by atoms with E-state index in [0.29, 0.717) is 0 Å². The Labute approximate surface area is 200 Å². The fraction of sp³-hybridized carbons (Fsp3) is 0.0645. The smallest absolute Gasteiger partial charge is 0.146 e. The maximum Gasteiger partial charge on any atom is 0.146 e. The molecule has 0 spiro atoms. The van der Waals surface area contributed by atoms with E-state index < -0.39 is 0 Å². The monoisotopic (exact) mass is 446 g/mol. The van der Waals surface area contributed by atoms with Crippen molar-refractivity contribution >= 4 is 38.5 Å². The van der Waals surface area contributed by atoms with Gasteiger partial charge in [-0.05, 0) is 75.2 Å². The molecule has 4 nitrogen and oxygen atoms in total. The van der Waals surface area contributed by atoms with Crippen molar-refractivity contribution in [1.29, 1.82) is 0 Å². The molecule has 0 saturated heterocycles. The number of hydrogen-bond donors (Lipinski definition) is 0. The Kier molecular flexibility index (Phi) is 3.11. The summed E-state index contributed by atoms with van der Waals surface area (Å²) >= 11 is 0. The number of aromatic nitrogens is 4. The molecule has 2 aliphatic carbocycles. The van der Waals surface area contributed by atoms with E-state index in [9.17, 15) is 0 Å². The van der Waals surface area contributed by atoms with Crippen LogP contribution in [0.5, 0.6) is 0 Å². The minimum Gasteiger partial charge on any atom is -0.290 e. The molecule has 0 atom stereocenters. The molecule has 35 heavy (non-hydrogen) atoms. The Hall–Kier alpha value is -4.57. The predicted molar refractivity (Wildman–Crippen MR) is 140 cm³/mol. The number of fused-ring (bicyclic) bond motifs is 16. The van der Waals surface area contributed by atoms with Crippen LogP contribution in [0.4, 0.5) is 0 Å². The van der Waals surface area contributed by atoms with Crippen LogP contribution in [0.2, 0.25) is 0 Å². The first-order valence-electron chi connectivity index (χ1n) is 12.0. The highest BCUT2D eigenvalue weighted by molar-refractivity contribution is 6.12. The van der Waals surface area contributed by atoms with Gasteiger partial charge in [0.2, 0.25) is 0 Å². The lowest BCUT2D eigenvalue weighted by molar-refractivity contribution is 1.16. The summed E-state index contributed by atoms with van der Waals surface area (Å²) in [4.78, 5) is 14.3. The van der Waals surface area contributed by atoms with E-state index in [1.165, 1.54) is 50.0 Å². The fourth-order valence-electron chi connectivity index (χ4n) is 6.55. The second-order valence-electron chi connectivity index (χ2n) is 9.65. The van der Waals surface area contributed by atoms with E-state index >= 15 is 0 Å². The number of nitrogens with zero attached hydrogens (tertiary/aromatic N) is 4. The van der Waals surface area contributed by atoms with E-state index in [2.05, 4.69) is 70.0 Å². The molecule has 0 fully saturated rings. The molecule has 0 saturated carbocycles. The summed E-state index contributed by atoms with van der Waals surface area (Å²) in [7, 11) is 0. The second kappa shape index (κ2) is 6.10. The van der Waals surface area contributed by atoms with Gasteiger partial charge in [-0.15, -0.1) is 0 Å².